The van der Waals surface area contributed by atoms with Crippen LogP contribution in [0.5, 0.6) is 0 Å². The first kappa shape index (κ1) is 25.3. The molecule has 0 radical (unpaired) electrons. The molecule has 0 atom stereocenters. The minimum atomic E-state index is -3.79. The second-order valence-corrected chi connectivity index (χ2v) is 10.6. The van der Waals surface area contributed by atoms with Crippen LogP contribution in [-0.4, -0.2) is 5.78 Å². The van der Waals surface area contributed by atoms with Crippen LogP contribution in [0.1, 0.15) is 91.6 Å². The normalized spacial score (nSPS) is 17.7. The van der Waals surface area contributed by atoms with Crippen LogP contribution in [0.4, 0.5) is 0 Å². The van der Waals surface area contributed by atoms with Crippen LogP contribution in [0.3, 0.4) is 0 Å². The monoisotopic (exact) mass is 462 g/mol. The second-order valence-electron chi connectivity index (χ2n) is 9.96. The summed E-state index contributed by atoms with van der Waals surface area (Å²) in [6, 6.07) is 13.1. The number of ketones is 1. The van der Waals surface area contributed by atoms with Crippen molar-refractivity contribution in [1.29, 1.82) is 0 Å². The number of aryl methyl sites for hydroxylation is 3. The predicted octanol–water partition coefficient (Wildman–Crippen LogP) is 6.50. The number of carbonyl (C=O) groups is 1. The topological polar surface area (TPSA) is 68.3 Å². The molecule has 4 rings (SSSR count). The standard InChI is InChI=1S/C13H16O.C13H18.Cr.3O/c1-9-4-5-10-11(8-9)13(2,3)7-6-12(10)14;1-10-6-7-11-5-4-8-13(2,3)12(11)9-10;;;;/h4-5,8H,6-7H2,1-3H3;6-7,9H,4-5,8H2,1-3H3;;;;. The Morgan fingerprint density at radius 3 is 1.87 bits per heavy atom. The fraction of sp³-hybridized carbons (Fsp3) is 0.500. The molecule has 0 fully saturated rings. The van der Waals surface area contributed by atoms with E-state index in [0.29, 0.717) is 17.6 Å². The molecule has 2 aromatic carbocycles. The summed E-state index contributed by atoms with van der Waals surface area (Å²) < 4.78 is 25.6. The van der Waals surface area contributed by atoms with Crippen molar-refractivity contribution in [2.45, 2.75) is 84.5 Å². The van der Waals surface area contributed by atoms with Crippen LogP contribution in [0, 0.1) is 13.8 Å². The van der Waals surface area contributed by atoms with Crippen LogP contribution >= 0.6 is 0 Å². The van der Waals surface area contributed by atoms with E-state index in [1.807, 2.05) is 12.1 Å². The van der Waals surface area contributed by atoms with E-state index in [-0.39, 0.29) is 5.41 Å². The van der Waals surface area contributed by atoms with Crippen molar-refractivity contribution in [1.82, 2.24) is 0 Å². The van der Waals surface area contributed by atoms with Crippen LogP contribution in [-0.2, 0) is 42.6 Å². The van der Waals surface area contributed by atoms with Gasteiger partial charge in [-0.15, -0.1) is 0 Å². The van der Waals surface area contributed by atoms with Gasteiger partial charge in [0, 0.05) is 12.0 Å². The molecule has 2 aromatic rings. The minimum absolute atomic E-state index is 0.162. The summed E-state index contributed by atoms with van der Waals surface area (Å²) in [6.45, 7) is 13.4. The van der Waals surface area contributed by atoms with Gasteiger partial charge >= 0.3 is 25.4 Å². The van der Waals surface area contributed by atoms with Gasteiger partial charge in [-0.05, 0) is 67.1 Å². The zero-order valence-corrected chi connectivity index (χ0v) is 20.8. The van der Waals surface area contributed by atoms with E-state index in [1.165, 1.54) is 36.0 Å². The van der Waals surface area contributed by atoms with E-state index in [4.69, 9.17) is 11.4 Å². The van der Waals surface area contributed by atoms with Crippen molar-refractivity contribution in [3.8, 4) is 0 Å². The van der Waals surface area contributed by atoms with Crippen LogP contribution in [0.25, 0.3) is 0 Å². The van der Waals surface area contributed by atoms with Gasteiger partial charge < -0.3 is 0 Å². The molecule has 0 heterocycles. The SMILES string of the molecule is Cc1ccc2c(c1)C(C)(C)CCC2.Cc1ccc2c(c1)C(C)(C)CCC2=O.[O]=[Cr](=[O])=[O]. The van der Waals surface area contributed by atoms with Gasteiger partial charge in [-0.25, -0.2) is 0 Å². The Morgan fingerprint density at radius 1 is 0.742 bits per heavy atom. The summed E-state index contributed by atoms with van der Waals surface area (Å²) >= 11 is -3.79. The molecule has 2 aliphatic carbocycles. The molecule has 31 heavy (non-hydrogen) atoms. The Hall–Kier alpha value is -1.96. The molecule has 0 spiro atoms. The third-order valence-electron chi connectivity index (χ3n) is 6.42. The molecule has 0 saturated heterocycles. The first-order valence-corrected chi connectivity index (χ1v) is 12.4. The van der Waals surface area contributed by atoms with Crippen molar-refractivity contribution < 1.29 is 30.2 Å². The summed E-state index contributed by atoms with van der Waals surface area (Å²) in [4.78, 5) is 11.7. The Balaban J connectivity index is 0.000000189. The second kappa shape index (κ2) is 10.1. The van der Waals surface area contributed by atoms with Crippen molar-refractivity contribution in [3.05, 3.63) is 69.8 Å². The molecule has 0 bridgehead atoms. The van der Waals surface area contributed by atoms with Crippen LogP contribution in [0.2, 0.25) is 0 Å². The van der Waals surface area contributed by atoms with E-state index in [9.17, 15) is 4.79 Å². The molecule has 0 aliphatic heterocycles. The van der Waals surface area contributed by atoms with E-state index in [2.05, 4.69) is 65.8 Å². The van der Waals surface area contributed by atoms with Crippen molar-refractivity contribution in [3.63, 3.8) is 0 Å². The van der Waals surface area contributed by atoms with E-state index < -0.39 is 14.0 Å². The van der Waals surface area contributed by atoms with Gasteiger partial charge in [0.15, 0.2) is 5.78 Å². The van der Waals surface area contributed by atoms with Crippen LogP contribution in [0.15, 0.2) is 36.4 Å². The summed E-state index contributed by atoms with van der Waals surface area (Å²) in [6.07, 6.45) is 5.64. The third-order valence-corrected chi connectivity index (χ3v) is 6.42. The number of hydrogen-bond acceptors (Lipinski definition) is 4. The molecule has 2 aliphatic rings. The zero-order valence-electron chi connectivity index (χ0n) is 19.5. The van der Waals surface area contributed by atoms with Crippen molar-refractivity contribution in [2.24, 2.45) is 0 Å². The quantitative estimate of drug-likeness (QED) is 0.448. The zero-order chi connectivity index (χ0) is 23.4. The van der Waals surface area contributed by atoms with Crippen LogP contribution < -0.4 is 0 Å². The van der Waals surface area contributed by atoms with Gasteiger partial charge in [0.05, 0.1) is 0 Å². The molecule has 0 amide bonds. The van der Waals surface area contributed by atoms with Crippen molar-refractivity contribution in [2.75, 3.05) is 0 Å². The number of carbonyl (C=O) groups excluding carboxylic acids is 1. The first-order chi connectivity index (χ1) is 14.3. The van der Waals surface area contributed by atoms with E-state index in [0.717, 1.165) is 12.0 Å². The molecule has 4 nitrogen and oxygen atoms in total. The summed E-state index contributed by atoms with van der Waals surface area (Å²) in [5.41, 5.74) is 8.52. The van der Waals surface area contributed by atoms with E-state index >= 15 is 0 Å². The molecule has 0 saturated carbocycles. The first-order valence-electron chi connectivity index (χ1n) is 10.8. The van der Waals surface area contributed by atoms with Gasteiger partial charge in [0.1, 0.15) is 0 Å². The number of rotatable bonds is 0. The Kier molecular flexibility index (Phi) is 8.25. The summed E-state index contributed by atoms with van der Waals surface area (Å²) in [5.74, 6) is 0.305. The molecular formula is C26H34CrO4. The summed E-state index contributed by atoms with van der Waals surface area (Å²) in [7, 11) is 0. The molecule has 0 aromatic heterocycles. The fourth-order valence-corrected chi connectivity index (χ4v) is 4.55. The fourth-order valence-electron chi connectivity index (χ4n) is 4.55. The summed E-state index contributed by atoms with van der Waals surface area (Å²) in [5, 5.41) is 0. The number of Topliss-reactive ketones (excluding diaryl/α,β-unsaturated/α-hetero) is 1. The average Bonchev–Trinajstić information content (AvgIpc) is 2.66. The Labute approximate surface area is 190 Å². The number of benzene rings is 2. The molecule has 0 N–H and O–H groups in total. The van der Waals surface area contributed by atoms with Gasteiger partial charge in [-0.2, -0.15) is 0 Å². The molecular weight excluding hydrogens is 428 g/mol. The van der Waals surface area contributed by atoms with Gasteiger partial charge in [-0.1, -0.05) is 75.2 Å². The average molecular weight is 463 g/mol. The maximum atomic E-state index is 11.7. The van der Waals surface area contributed by atoms with Gasteiger partial charge in [0.2, 0.25) is 0 Å². The molecule has 5 heteroatoms. The Bertz CT molecular complexity index is 1060. The van der Waals surface area contributed by atoms with Gasteiger partial charge in [0.25, 0.3) is 0 Å². The Morgan fingerprint density at radius 2 is 1.26 bits per heavy atom. The maximum absolute atomic E-state index is 11.7. The van der Waals surface area contributed by atoms with Crippen molar-refractivity contribution >= 4 is 5.78 Å². The number of fused-ring (bicyclic) bond motifs is 2. The number of hydrogen-bond donors (Lipinski definition) is 0. The third kappa shape index (κ3) is 6.76. The van der Waals surface area contributed by atoms with E-state index in [1.54, 1.807) is 11.1 Å². The molecule has 168 valence electrons. The molecule has 0 unspecified atom stereocenters. The predicted molar refractivity (Wildman–Crippen MR) is 117 cm³/mol. The van der Waals surface area contributed by atoms with Gasteiger partial charge in [-0.3, -0.25) is 4.79 Å².